The fraction of sp³-hybridized carbons (Fsp3) is 0.444. The first-order chi connectivity index (χ1) is 16.5. The predicted octanol–water partition coefficient (Wildman–Crippen LogP) is 4.02. The maximum atomic E-state index is 12.3. The van der Waals surface area contributed by atoms with Crippen molar-refractivity contribution in [3.63, 3.8) is 0 Å². The van der Waals surface area contributed by atoms with E-state index in [0.29, 0.717) is 39.1 Å². The van der Waals surface area contributed by atoms with Crippen LogP contribution in [0.1, 0.15) is 49.1 Å². The number of unbranched alkanes of at least 4 members (excludes halogenated alkanes) is 2. The second-order valence-electron chi connectivity index (χ2n) is 9.70. The van der Waals surface area contributed by atoms with Gasteiger partial charge in [-0.2, -0.15) is 0 Å². The summed E-state index contributed by atoms with van der Waals surface area (Å²) in [6.07, 6.45) is 3.01. The number of benzene rings is 2. The average Bonchev–Trinajstić information content (AvgIpc) is 3.27. The lowest BCUT2D eigenvalue weighted by Crippen LogP contribution is -2.33. The van der Waals surface area contributed by atoms with Crippen LogP contribution in [0.3, 0.4) is 0 Å². The maximum Gasteiger partial charge on any atom is 0.407 e. The van der Waals surface area contributed by atoms with Crippen molar-refractivity contribution in [1.29, 1.82) is 0 Å². The number of hydrogen-bond donors (Lipinski definition) is 2. The Morgan fingerprint density at radius 1 is 1.00 bits per heavy atom. The molecule has 5 rings (SSSR count). The molecule has 3 aliphatic rings. The van der Waals surface area contributed by atoms with Crippen LogP contribution >= 0.6 is 0 Å². The SMILES string of the molecule is O=C(NCCCCCC(=O)N1CC2CC2(C(=O)O)C1)OCC1c2ccccc2-c2ccccc21. The van der Waals surface area contributed by atoms with Gasteiger partial charge in [-0.1, -0.05) is 55.0 Å². The van der Waals surface area contributed by atoms with Gasteiger partial charge in [0.15, 0.2) is 0 Å². The molecular formula is C27H30N2O5. The Balaban J connectivity index is 0.990. The van der Waals surface area contributed by atoms with Crippen LogP contribution in [0.4, 0.5) is 4.79 Å². The number of alkyl carbamates (subject to hydrolysis) is 1. The van der Waals surface area contributed by atoms with Crippen molar-refractivity contribution in [1.82, 2.24) is 10.2 Å². The predicted molar refractivity (Wildman–Crippen MR) is 126 cm³/mol. The van der Waals surface area contributed by atoms with E-state index in [1.165, 1.54) is 22.3 Å². The van der Waals surface area contributed by atoms with Crippen molar-refractivity contribution in [3.8, 4) is 11.1 Å². The second kappa shape index (κ2) is 9.12. The van der Waals surface area contributed by atoms with Crippen molar-refractivity contribution in [3.05, 3.63) is 59.7 Å². The number of hydrogen-bond acceptors (Lipinski definition) is 4. The van der Waals surface area contributed by atoms with Gasteiger partial charge in [-0.15, -0.1) is 0 Å². The lowest BCUT2D eigenvalue weighted by atomic mass is 9.98. The zero-order chi connectivity index (χ0) is 23.7. The molecule has 2 fully saturated rings. The van der Waals surface area contributed by atoms with Gasteiger partial charge in [0.2, 0.25) is 5.91 Å². The van der Waals surface area contributed by atoms with E-state index in [-0.39, 0.29) is 17.7 Å². The number of carboxylic acid groups (broad SMARTS) is 1. The van der Waals surface area contributed by atoms with Gasteiger partial charge in [-0.3, -0.25) is 9.59 Å². The van der Waals surface area contributed by atoms with Crippen molar-refractivity contribution in [2.75, 3.05) is 26.2 Å². The summed E-state index contributed by atoms with van der Waals surface area (Å²) in [4.78, 5) is 37.6. The second-order valence-corrected chi connectivity index (χ2v) is 9.70. The standard InChI is InChI=1S/C27H30N2O5/c30-24(29-15-18-14-27(18,17-29)25(31)32)12-2-1-7-13-28-26(33)34-16-23-21-10-5-3-8-19(21)20-9-4-6-11-22(20)23/h3-6,8-11,18,23H,1-2,7,12-17H2,(H,28,33)(H,31,32). The Hall–Kier alpha value is -3.35. The molecular weight excluding hydrogens is 432 g/mol. The van der Waals surface area contributed by atoms with Crippen LogP contribution in [0, 0.1) is 11.3 Å². The first kappa shape index (κ1) is 22.4. The van der Waals surface area contributed by atoms with Gasteiger partial charge < -0.3 is 20.1 Å². The summed E-state index contributed by atoms with van der Waals surface area (Å²) < 4.78 is 5.54. The van der Waals surface area contributed by atoms with Gasteiger partial charge in [-0.25, -0.2) is 4.79 Å². The quantitative estimate of drug-likeness (QED) is 0.549. The summed E-state index contributed by atoms with van der Waals surface area (Å²) in [6, 6.07) is 16.5. The molecule has 2 atom stereocenters. The zero-order valence-corrected chi connectivity index (χ0v) is 19.2. The number of likely N-dealkylation sites (tertiary alicyclic amines) is 1. The Morgan fingerprint density at radius 2 is 1.68 bits per heavy atom. The van der Waals surface area contributed by atoms with Crippen LogP contribution in [0.5, 0.6) is 0 Å². The van der Waals surface area contributed by atoms with Gasteiger partial charge in [0.25, 0.3) is 0 Å². The lowest BCUT2D eigenvalue weighted by molar-refractivity contribution is -0.144. The number of amides is 2. The molecule has 1 heterocycles. The minimum absolute atomic E-state index is 0.0392. The average molecular weight is 463 g/mol. The van der Waals surface area contributed by atoms with E-state index in [2.05, 4.69) is 29.6 Å². The van der Waals surface area contributed by atoms with Crippen LogP contribution < -0.4 is 5.32 Å². The van der Waals surface area contributed by atoms with Crippen molar-refractivity contribution >= 4 is 18.0 Å². The summed E-state index contributed by atoms with van der Waals surface area (Å²) >= 11 is 0. The van der Waals surface area contributed by atoms with Crippen LogP contribution in [0.25, 0.3) is 11.1 Å². The van der Waals surface area contributed by atoms with Gasteiger partial charge in [0.1, 0.15) is 6.61 Å². The number of piperidine rings is 1. The van der Waals surface area contributed by atoms with Crippen molar-refractivity contribution in [2.24, 2.45) is 11.3 Å². The molecule has 7 heteroatoms. The molecule has 0 bridgehead atoms. The van der Waals surface area contributed by atoms with E-state index in [4.69, 9.17) is 4.74 Å². The summed E-state index contributed by atoms with van der Waals surface area (Å²) in [5, 5.41) is 12.1. The molecule has 2 aromatic carbocycles. The molecule has 178 valence electrons. The number of nitrogens with one attached hydrogen (secondary N) is 1. The highest BCUT2D eigenvalue weighted by molar-refractivity contribution is 5.83. The minimum atomic E-state index is -0.771. The largest absolute Gasteiger partial charge is 0.481 e. The van der Waals surface area contributed by atoms with E-state index in [9.17, 15) is 19.5 Å². The first-order valence-electron chi connectivity index (χ1n) is 12.1. The molecule has 0 spiro atoms. The molecule has 0 radical (unpaired) electrons. The smallest absolute Gasteiger partial charge is 0.407 e. The Morgan fingerprint density at radius 3 is 2.32 bits per heavy atom. The third kappa shape index (κ3) is 4.15. The highest BCUT2D eigenvalue weighted by atomic mass is 16.5. The van der Waals surface area contributed by atoms with Crippen LogP contribution in [-0.2, 0) is 14.3 Å². The number of carbonyl (C=O) groups is 3. The molecule has 1 aliphatic heterocycles. The summed E-state index contributed by atoms with van der Waals surface area (Å²) in [5.74, 6) is -0.555. The van der Waals surface area contributed by atoms with Gasteiger partial charge in [0, 0.05) is 32.0 Å². The molecule has 34 heavy (non-hydrogen) atoms. The maximum absolute atomic E-state index is 12.3. The Kier molecular flexibility index (Phi) is 6.02. The number of carboxylic acids is 1. The monoisotopic (exact) mass is 462 g/mol. The fourth-order valence-corrected chi connectivity index (χ4v) is 5.58. The van der Waals surface area contributed by atoms with Crippen LogP contribution in [-0.4, -0.2) is 54.2 Å². The van der Waals surface area contributed by atoms with E-state index in [0.717, 1.165) is 19.3 Å². The molecule has 0 aromatic heterocycles. The van der Waals surface area contributed by atoms with Crippen LogP contribution in [0.2, 0.25) is 0 Å². The first-order valence-corrected chi connectivity index (χ1v) is 12.1. The van der Waals surface area contributed by atoms with E-state index in [1.807, 2.05) is 24.3 Å². The van der Waals surface area contributed by atoms with Crippen LogP contribution in [0.15, 0.2) is 48.5 Å². The molecule has 2 unspecified atom stereocenters. The van der Waals surface area contributed by atoms with E-state index < -0.39 is 17.5 Å². The number of ether oxygens (including phenoxy) is 1. The van der Waals surface area contributed by atoms with Crippen molar-refractivity contribution < 1.29 is 24.2 Å². The number of aliphatic carboxylic acids is 1. The topological polar surface area (TPSA) is 95.9 Å². The van der Waals surface area contributed by atoms with Gasteiger partial charge >= 0.3 is 12.1 Å². The van der Waals surface area contributed by atoms with Gasteiger partial charge in [0.05, 0.1) is 5.41 Å². The zero-order valence-electron chi connectivity index (χ0n) is 19.2. The number of rotatable bonds is 9. The number of fused-ring (bicyclic) bond motifs is 4. The summed E-state index contributed by atoms with van der Waals surface area (Å²) in [5.41, 5.74) is 4.11. The Labute approximate surface area is 199 Å². The molecule has 2 amide bonds. The molecule has 7 nitrogen and oxygen atoms in total. The molecule has 1 saturated carbocycles. The third-order valence-electron chi connectivity index (χ3n) is 7.60. The number of carbonyl (C=O) groups excluding carboxylic acids is 2. The molecule has 2 aliphatic carbocycles. The third-order valence-corrected chi connectivity index (χ3v) is 7.60. The summed E-state index contributed by atoms with van der Waals surface area (Å²) in [6.45, 7) is 1.73. The minimum Gasteiger partial charge on any atom is -0.481 e. The normalized spacial score (nSPS) is 22.0. The molecule has 1 saturated heterocycles. The lowest BCUT2D eigenvalue weighted by Gasteiger charge is -2.19. The Bertz CT molecular complexity index is 1070. The van der Waals surface area contributed by atoms with E-state index in [1.54, 1.807) is 4.90 Å². The fourth-order valence-electron chi connectivity index (χ4n) is 5.58. The van der Waals surface area contributed by atoms with E-state index >= 15 is 0 Å². The molecule has 2 aromatic rings. The highest BCUT2D eigenvalue weighted by Crippen LogP contribution is 2.58. The van der Waals surface area contributed by atoms with Gasteiger partial charge in [-0.05, 0) is 47.4 Å². The highest BCUT2D eigenvalue weighted by Gasteiger charge is 2.66. The van der Waals surface area contributed by atoms with Crippen molar-refractivity contribution in [2.45, 2.75) is 38.0 Å². The molecule has 2 N–H and O–H groups in total. The summed E-state index contributed by atoms with van der Waals surface area (Å²) in [7, 11) is 0. The number of nitrogens with zero attached hydrogens (tertiary/aromatic N) is 1.